The smallest absolute Gasteiger partial charge is 0.306 e. The lowest BCUT2D eigenvalue weighted by Gasteiger charge is -2.15. The zero-order valence-electron chi connectivity index (χ0n) is 28.4. The van der Waals surface area contributed by atoms with Crippen molar-refractivity contribution in [3.8, 4) is 0 Å². The van der Waals surface area contributed by atoms with Crippen LogP contribution >= 0.6 is 0 Å². The Hall–Kier alpha value is -1.10. The van der Waals surface area contributed by atoms with E-state index in [1.165, 1.54) is 128 Å². The summed E-state index contributed by atoms with van der Waals surface area (Å²) < 4.78 is 10.6. The van der Waals surface area contributed by atoms with Gasteiger partial charge in [-0.3, -0.25) is 9.59 Å². The van der Waals surface area contributed by atoms with Crippen LogP contribution in [0.3, 0.4) is 0 Å². The predicted octanol–water partition coefficient (Wildman–Crippen LogP) is 11.0. The lowest BCUT2D eigenvalue weighted by atomic mass is 10.0. The third-order valence-electron chi connectivity index (χ3n) is 8.33. The predicted molar refractivity (Wildman–Crippen MR) is 178 cm³/mol. The van der Waals surface area contributed by atoms with Crippen LogP contribution in [-0.2, 0) is 19.1 Å². The van der Waals surface area contributed by atoms with E-state index in [4.69, 9.17) is 9.47 Å². The van der Waals surface area contributed by atoms with Gasteiger partial charge < -0.3 is 14.6 Å². The molecule has 0 aliphatic carbocycles. The average molecular weight is 597 g/mol. The molecule has 0 radical (unpaired) electrons. The second-order valence-corrected chi connectivity index (χ2v) is 13.1. The Morgan fingerprint density at radius 3 is 1.26 bits per heavy atom. The quantitative estimate of drug-likeness (QED) is 0.0602. The molecule has 5 heteroatoms. The van der Waals surface area contributed by atoms with Crippen LogP contribution in [0.25, 0.3) is 0 Å². The van der Waals surface area contributed by atoms with E-state index < -0.39 is 6.10 Å². The van der Waals surface area contributed by atoms with Gasteiger partial charge in [-0.25, -0.2) is 0 Å². The molecule has 0 aromatic heterocycles. The van der Waals surface area contributed by atoms with Crippen molar-refractivity contribution in [3.63, 3.8) is 0 Å². The van der Waals surface area contributed by atoms with Gasteiger partial charge in [-0.05, 0) is 18.8 Å². The highest BCUT2D eigenvalue weighted by molar-refractivity contribution is 5.70. The summed E-state index contributed by atoms with van der Waals surface area (Å²) in [5, 5.41) is 9.52. The highest BCUT2D eigenvalue weighted by Crippen LogP contribution is 2.16. The van der Waals surface area contributed by atoms with Gasteiger partial charge in [0.25, 0.3) is 0 Å². The van der Waals surface area contributed by atoms with Gasteiger partial charge in [0.1, 0.15) is 6.61 Å². The first-order chi connectivity index (χ1) is 20.5. The average Bonchev–Trinajstić information content (AvgIpc) is 2.97. The number of aliphatic hydroxyl groups excluding tert-OH is 1. The molecule has 1 N–H and O–H groups in total. The molecule has 0 fully saturated rings. The largest absolute Gasteiger partial charge is 0.462 e. The lowest BCUT2D eigenvalue weighted by molar-refractivity contribution is -0.161. The van der Waals surface area contributed by atoms with Gasteiger partial charge in [0.2, 0.25) is 0 Å². The number of ether oxygens (including phenoxy) is 2. The Bertz CT molecular complexity index is 577. The van der Waals surface area contributed by atoms with Crippen LogP contribution in [0, 0.1) is 5.92 Å². The molecule has 0 saturated heterocycles. The molecule has 0 aliphatic heterocycles. The number of rotatable bonds is 33. The molecule has 1 atom stereocenters. The molecule has 0 aromatic carbocycles. The zero-order valence-corrected chi connectivity index (χ0v) is 28.4. The number of hydrogen-bond donors (Lipinski definition) is 1. The Balaban J connectivity index is 3.50. The van der Waals surface area contributed by atoms with Crippen molar-refractivity contribution in [2.45, 2.75) is 207 Å². The molecule has 0 aromatic rings. The summed E-state index contributed by atoms with van der Waals surface area (Å²) >= 11 is 0. The van der Waals surface area contributed by atoms with Crippen molar-refractivity contribution in [1.29, 1.82) is 0 Å². The minimum Gasteiger partial charge on any atom is -0.462 e. The fourth-order valence-corrected chi connectivity index (χ4v) is 5.50. The SMILES string of the molecule is CCCCCCCCCCCCCC(=O)OC[C@H](CO)OC(=O)CCCCCCCCCCCCCCCCC(C)C. The van der Waals surface area contributed by atoms with E-state index in [1.807, 2.05) is 0 Å². The minimum absolute atomic E-state index is 0.0581. The van der Waals surface area contributed by atoms with Gasteiger partial charge in [-0.15, -0.1) is 0 Å². The molecule has 0 heterocycles. The topological polar surface area (TPSA) is 72.8 Å². The fraction of sp³-hybridized carbons (Fsp3) is 0.946. The summed E-state index contributed by atoms with van der Waals surface area (Å²) in [5.74, 6) is 0.271. The second kappa shape index (κ2) is 32.8. The van der Waals surface area contributed by atoms with Crippen LogP contribution in [0.15, 0.2) is 0 Å². The summed E-state index contributed by atoms with van der Waals surface area (Å²) in [6, 6.07) is 0. The third kappa shape index (κ3) is 31.8. The number of aliphatic hydroxyl groups is 1. The van der Waals surface area contributed by atoms with E-state index >= 15 is 0 Å². The molecule has 0 aliphatic rings. The summed E-state index contributed by atoms with van der Waals surface area (Å²) in [5.41, 5.74) is 0. The minimum atomic E-state index is -0.761. The zero-order chi connectivity index (χ0) is 30.9. The monoisotopic (exact) mass is 597 g/mol. The van der Waals surface area contributed by atoms with E-state index in [2.05, 4.69) is 20.8 Å². The molecule has 0 rings (SSSR count). The van der Waals surface area contributed by atoms with Crippen LogP contribution in [0.1, 0.15) is 201 Å². The Labute approximate surface area is 261 Å². The Morgan fingerprint density at radius 2 is 0.881 bits per heavy atom. The van der Waals surface area contributed by atoms with Crippen LogP contribution < -0.4 is 0 Å². The van der Waals surface area contributed by atoms with Crippen molar-refractivity contribution >= 4 is 11.9 Å². The fourth-order valence-electron chi connectivity index (χ4n) is 5.50. The molecule has 0 spiro atoms. The van der Waals surface area contributed by atoms with Gasteiger partial charge in [-0.1, -0.05) is 175 Å². The Kier molecular flexibility index (Phi) is 31.9. The van der Waals surface area contributed by atoms with Crippen LogP contribution in [0.4, 0.5) is 0 Å². The van der Waals surface area contributed by atoms with Gasteiger partial charge in [0.05, 0.1) is 6.61 Å². The van der Waals surface area contributed by atoms with Gasteiger partial charge in [-0.2, -0.15) is 0 Å². The third-order valence-corrected chi connectivity index (χ3v) is 8.33. The van der Waals surface area contributed by atoms with Gasteiger partial charge in [0, 0.05) is 12.8 Å². The first kappa shape index (κ1) is 40.9. The number of hydrogen-bond acceptors (Lipinski definition) is 5. The first-order valence-electron chi connectivity index (χ1n) is 18.5. The maximum atomic E-state index is 12.1. The van der Waals surface area contributed by atoms with Gasteiger partial charge >= 0.3 is 11.9 Å². The van der Waals surface area contributed by atoms with Crippen molar-refractivity contribution in [2.24, 2.45) is 5.92 Å². The van der Waals surface area contributed by atoms with E-state index in [0.717, 1.165) is 44.4 Å². The molecule has 250 valence electrons. The standard InChI is InChI=1S/C37H72O5/c1-4-5-6-7-8-9-14-18-21-24-27-30-36(39)41-33-35(32-38)42-37(40)31-28-25-22-19-16-13-11-10-12-15-17-20-23-26-29-34(2)3/h34-35,38H,4-33H2,1-3H3/t35-/m0/s1. The van der Waals surface area contributed by atoms with Crippen LogP contribution in [-0.4, -0.2) is 36.4 Å². The molecule has 0 saturated carbocycles. The summed E-state index contributed by atoms with van der Waals surface area (Å²) in [4.78, 5) is 24.1. The van der Waals surface area contributed by atoms with Crippen molar-refractivity contribution in [2.75, 3.05) is 13.2 Å². The molecule has 5 nitrogen and oxygen atoms in total. The highest BCUT2D eigenvalue weighted by atomic mass is 16.6. The number of unbranched alkanes of at least 4 members (excludes halogenated alkanes) is 23. The van der Waals surface area contributed by atoms with Crippen molar-refractivity contribution < 1.29 is 24.2 Å². The van der Waals surface area contributed by atoms with E-state index in [0.29, 0.717) is 12.8 Å². The summed E-state index contributed by atoms with van der Waals surface area (Å²) in [6.07, 6.45) is 33.0. The maximum Gasteiger partial charge on any atom is 0.306 e. The van der Waals surface area contributed by atoms with E-state index in [-0.39, 0.29) is 25.2 Å². The number of esters is 2. The lowest BCUT2D eigenvalue weighted by Crippen LogP contribution is -2.28. The molecular weight excluding hydrogens is 524 g/mol. The Morgan fingerprint density at radius 1 is 0.524 bits per heavy atom. The maximum absolute atomic E-state index is 12.1. The highest BCUT2D eigenvalue weighted by Gasteiger charge is 2.16. The molecule has 0 bridgehead atoms. The number of carbonyl (C=O) groups is 2. The van der Waals surface area contributed by atoms with Crippen molar-refractivity contribution in [1.82, 2.24) is 0 Å². The molecule has 0 amide bonds. The second-order valence-electron chi connectivity index (χ2n) is 13.1. The van der Waals surface area contributed by atoms with E-state index in [9.17, 15) is 14.7 Å². The summed E-state index contributed by atoms with van der Waals surface area (Å²) in [7, 11) is 0. The van der Waals surface area contributed by atoms with Crippen LogP contribution in [0.5, 0.6) is 0 Å². The molecule has 0 unspecified atom stereocenters. The summed E-state index contributed by atoms with van der Waals surface area (Å²) in [6.45, 7) is 6.50. The number of carbonyl (C=O) groups excluding carboxylic acids is 2. The normalized spacial score (nSPS) is 12.1. The molecular formula is C37H72O5. The molecule has 42 heavy (non-hydrogen) atoms. The first-order valence-corrected chi connectivity index (χ1v) is 18.5. The van der Waals surface area contributed by atoms with Gasteiger partial charge in [0.15, 0.2) is 6.10 Å². The van der Waals surface area contributed by atoms with E-state index in [1.54, 1.807) is 0 Å². The van der Waals surface area contributed by atoms with Crippen molar-refractivity contribution in [3.05, 3.63) is 0 Å². The van der Waals surface area contributed by atoms with Crippen LogP contribution in [0.2, 0.25) is 0 Å².